The predicted molar refractivity (Wildman–Crippen MR) is 78.0 cm³/mol. The maximum absolute atomic E-state index is 11.9. The molecule has 1 aliphatic rings. The maximum Gasteiger partial charge on any atom is 0.339 e. The van der Waals surface area contributed by atoms with Crippen LogP contribution >= 0.6 is 0 Å². The number of hydrogen-bond donors (Lipinski definition) is 3. The highest BCUT2D eigenvalue weighted by molar-refractivity contribution is 6.32. The van der Waals surface area contributed by atoms with Crippen molar-refractivity contribution in [3.8, 4) is 0 Å². The minimum Gasteiger partial charge on any atom is -0.462 e. The lowest BCUT2D eigenvalue weighted by Crippen LogP contribution is -2.14. The fourth-order valence-corrected chi connectivity index (χ4v) is 2.03. The molecule has 0 unspecified atom stereocenters. The van der Waals surface area contributed by atoms with Gasteiger partial charge < -0.3 is 14.7 Å². The van der Waals surface area contributed by atoms with Gasteiger partial charge in [0.25, 0.3) is 5.91 Å². The van der Waals surface area contributed by atoms with E-state index in [1.54, 1.807) is 31.5 Å². The third kappa shape index (κ3) is 2.53. The molecule has 3 heterocycles. The lowest BCUT2D eigenvalue weighted by atomic mass is 10.1. The van der Waals surface area contributed by atoms with Crippen LogP contribution in [0.3, 0.4) is 0 Å². The summed E-state index contributed by atoms with van der Waals surface area (Å²) in [5.41, 5.74) is 4.15. The van der Waals surface area contributed by atoms with Crippen LogP contribution in [-0.4, -0.2) is 39.1 Å². The zero-order valence-electron chi connectivity index (χ0n) is 11.7. The molecule has 8 heteroatoms. The molecular weight excluding hydrogens is 286 g/mol. The van der Waals surface area contributed by atoms with Gasteiger partial charge in [-0.15, -0.1) is 0 Å². The average molecular weight is 299 g/mol. The van der Waals surface area contributed by atoms with Crippen molar-refractivity contribution in [3.63, 3.8) is 0 Å². The minimum absolute atomic E-state index is 0.304. The van der Waals surface area contributed by atoms with Crippen LogP contribution in [0.2, 0.25) is 0 Å². The Morgan fingerprint density at radius 2 is 2.27 bits per heavy atom. The second-order valence-corrected chi connectivity index (χ2v) is 4.46. The van der Waals surface area contributed by atoms with Gasteiger partial charge in [-0.2, -0.15) is 5.10 Å². The monoisotopic (exact) mass is 299 g/mol. The third-order valence-corrected chi connectivity index (χ3v) is 3.01. The van der Waals surface area contributed by atoms with Crippen LogP contribution < -0.4 is 5.43 Å². The van der Waals surface area contributed by atoms with Crippen molar-refractivity contribution in [3.05, 3.63) is 47.3 Å². The van der Waals surface area contributed by atoms with Crippen LogP contribution in [0.25, 0.3) is 6.08 Å². The van der Waals surface area contributed by atoms with E-state index in [1.165, 1.54) is 6.20 Å². The minimum atomic E-state index is -0.417. The van der Waals surface area contributed by atoms with Gasteiger partial charge in [-0.05, 0) is 19.1 Å². The Labute approximate surface area is 125 Å². The molecule has 0 saturated heterocycles. The molecule has 3 rings (SSSR count). The fourth-order valence-electron chi connectivity index (χ4n) is 2.03. The van der Waals surface area contributed by atoms with Gasteiger partial charge >= 0.3 is 5.97 Å². The molecule has 2 aromatic rings. The highest BCUT2D eigenvalue weighted by atomic mass is 16.5. The number of hydrazone groups is 1. The number of nitrogens with zero attached hydrogens (tertiary/aromatic N) is 2. The average Bonchev–Trinajstić information content (AvgIpc) is 3.22. The molecule has 0 fully saturated rings. The molecule has 0 atom stereocenters. The number of aromatic nitrogens is 3. The third-order valence-electron chi connectivity index (χ3n) is 3.01. The molecule has 0 aliphatic carbocycles. The van der Waals surface area contributed by atoms with Crippen molar-refractivity contribution in [2.24, 2.45) is 5.10 Å². The summed E-state index contributed by atoms with van der Waals surface area (Å²) in [4.78, 5) is 33.4. The van der Waals surface area contributed by atoms with Crippen molar-refractivity contribution in [2.45, 2.75) is 6.92 Å². The van der Waals surface area contributed by atoms with Gasteiger partial charge in [0.1, 0.15) is 5.71 Å². The molecule has 0 spiro atoms. The summed E-state index contributed by atoms with van der Waals surface area (Å²) in [5, 5.41) is 3.96. The number of nitrogens with one attached hydrogen (secondary N) is 3. The zero-order chi connectivity index (χ0) is 15.5. The van der Waals surface area contributed by atoms with E-state index in [0.717, 1.165) is 0 Å². The lowest BCUT2D eigenvalue weighted by molar-refractivity contribution is -0.116. The first-order valence-electron chi connectivity index (χ1n) is 6.64. The van der Waals surface area contributed by atoms with Crippen LogP contribution in [0.4, 0.5) is 0 Å². The highest BCUT2D eigenvalue weighted by Crippen LogP contribution is 2.16. The van der Waals surface area contributed by atoms with Crippen molar-refractivity contribution in [2.75, 3.05) is 6.61 Å². The van der Waals surface area contributed by atoms with Gasteiger partial charge in [0, 0.05) is 24.3 Å². The summed E-state index contributed by atoms with van der Waals surface area (Å²) in [6.45, 7) is 2.04. The molecule has 8 nitrogen and oxygen atoms in total. The number of rotatable bonds is 4. The Morgan fingerprint density at radius 1 is 1.41 bits per heavy atom. The van der Waals surface area contributed by atoms with E-state index in [0.29, 0.717) is 35.0 Å². The van der Waals surface area contributed by atoms with Gasteiger partial charge in [0.2, 0.25) is 0 Å². The number of ether oxygens (including phenoxy) is 1. The molecule has 0 aromatic carbocycles. The number of hydrogen-bond acceptors (Lipinski definition) is 5. The molecule has 0 saturated carbocycles. The Morgan fingerprint density at radius 3 is 3.00 bits per heavy atom. The van der Waals surface area contributed by atoms with E-state index in [-0.39, 0.29) is 5.91 Å². The second kappa shape index (κ2) is 5.68. The summed E-state index contributed by atoms with van der Waals surface area (Å²) in [6, 6.07) is 1.61. The molecule has 22 heavy (non-hydrogen) atoms. The predicted octanol–water partition coefficient (Wildman–Crippen LogP) is 0.832. The molecule has 0 bridgehead atoms. The smallest absolute Gasteiger partial charge is 0.339 e. The molecule has 0 radical (unpaired) electrons. The van der Waals surface area contributed by atoms with Crippen molar-refractivity contribution in [1.82, 2.24) is 20.4 Å². The summed E-state index contributed by atoms with van der Waals surface area (Å²) in [7, 11) is 0. The SMILES string of the molecule is CCOC(=O)c1c[nH]c(/C=C2/C(=O)NN=C2c2ncc[nH]2)c1. The van der Waals surface area contributed by atoms with Gasteiger partial charge in [0.05, 0.1) is 17.7 Å². The van der Waals surface area contributed by atoms with Crippen LogP contribution in [-0.2, 0) is 9.53 Å². The van der Waals surface area contributed by atoms with Crippen molar-refractivity contribution >= 4 is 23.7 Å². The zero-order valence-corrected chi connectivity index (χ0v) is 11.7. The Balaban J connectivity index is 1.89. The number of amides is 1. The maximum atomic E-state index is 11.9. The normalized spacial score (nSPS) is 15.8. The largest absolute Gasteiger partial charge is 0.462 e. The molecule has 3 N–H and O–H groups in total. The number of aromatic amines is 2. The van der Waals surface area contributed by atoms with Crippen LogP contribution in [0, 0.1) is 0 Å². The van der Waals surface area contributed by atoms with E-state index >= 15 is 0 Å². The second-order valence-electron chi connectivity index (χ2n) is 4.46. The highest BCUT2D eigenvalue weighted by Gasteiger charge is 2.25. The Bertz CT molecular complexity index is 770. The van der Waals surface area contributed by atoms with E-state index in [2.05, 4.69) is 25.5 Å². The lowest BCUT2D eigenvalue weighted by Gasteiger charge is -1.97. The van der Waals surface area contributed by atoms with E-state index in [4.69, 9.17) is 4.74 Å². The van der Waals surface area contributed by atoms with Gasteiger partial charge in [-0.3, -0.25) is 4.79 Å². The number of carbonyl (C=O) groups excluding carboxylic acids is 2. The summed E-state index contributed by atoms with van der Waals surface area (Å²) >= 11 is 0. The first-order chi connectivity index (χ1) is 10.7. The fraction of sp³-hybridized carbons (Fsp3) is 0.143. The van der Waals surface area contributed by atoms with Crippen LogP contribution in [0.1, 0.15) is 28.8 Å². The van der Waals surface area contributed by atoms with Gasteiger partial charge in [-0.25, -0.2) is 15.2 Å². The number of imidazole rings is 1. The first kappa shape index (κ1) is 13.8. The van der Waals surface area contributed by atoms with Crippen molar-refractivity contribution in [1.29, 1.82) is 0 Å². The van der Waals surface area contributed by atoms with Crippen LogP contribution in [0.15, 0.2) is 35.3 Å². The molecule has 1 aliphatic heterocycles. The number of carbonyl (C=O) groups is 2. The summed E-state index contributed by atoms with van der Waals surface area (Å²) in [6.07, 6.45) is 6.35. The molecular formula is C14H13N5O3. The standard InChI is InChI=1S/C14H13N5O3/c1-2-22-14(21)8-5-9(17-7-8)6-10-11(18-19-13(10)20)12-15-3-4-16-12/h3-7,17H,2H2,1H3,(H,15,16)(H,19,20)/b10-6+. The molecule has 112 valence electrons. The quantitative estimate of drug-likeness (QED) is 0.573. The van der Waals surface area contributed by atoms with Gasteiger partial charge in [0.15, 0.2) is 5.82 Å². The van der Waals surface area contributed by atoms with Crippen LogP contribution in [0.5, 0.6) is 0 Å². The van der Waals surface area contributed by atoms with E-state index in [9.17, 15) is 9.59 Å². The molecule has 2 aromatic heterocycles. The summed E-state index contributed by atoms with van der Waals surface area (Å²) in [5.74, 6) is -0.264. The topological polar surface area (TPSA) is 112 Å². The Kier molecular flexibility index (Phi) is 3.57. The Hall–Kier alpha value is -3.16. The van der Waals surface area contributed by atoms with Crippen molar-refractivity contribution < 1.29 is 14.3 Å². The number of esters is 1. The van der Waals surface area contributed by atoms with E-state index < -0.39 is 5.97 Å². The molecule has 1 amide bonds. The summed E-state index contributed by atoms with van der Waals surface area (Å²) < 4.78 is 4.91. The van der Waals surface area contributed by atoms with Gasteiger partial charge in [-0.1, -0.05) is 0 Å². The van der Waals surface area contributed by atoms with E-state index in [1.807, 2.05) is 0 Å². The first-order valence-corrected chi connectivity index (χ1v) is 6.64. The number of H-pyrrole nitrogens is 2.